The van der Waals surface area contributed by atoms with Crippen LogP contribution >= 0.6 is 0 Å². The number of nitrogens with two attached hydrogens (primary N) is 1. The smallest absolute Gasteiger partial charge is 0.349 e. The molecule has 6 N–H and O–H groups in total. The molecule has 216 valence electrons. The molecule has 0 saturated carbocycles. The molecule has 1 heterocycles. The van der Waals surface area contributed by atoms with Crippen molar-refractivity contribution < 1.29 is 24.2 Å². The van der Waals surface area contributed by atoms with Crippen LogP contribution in [0.15, 0.2) is 97.1 Å². The highest BCUT2D eigenvalue weighted by molar-refractivity contribution is 5.95. The number of aromatic nitrogens is 3. The quantitative estimate of drug-likeness (QED) is 0.162. The molecule has 12 heteroatoms. The van der Waals surface area contributed by atoms with Crippen LogP contribution in [0.1, 0.15) is 26.3 Å². The normalized spacial score (nSPS) is 10.5. The molecule has 0 unspecified atom stereocenters. The first-order chi connectivity index (χ1) is 20.8. The van der Waals surface area contributed by atoms with Crippen LogP contribution in [-0.4, -0.2) is 44.8 Å². The number of carbonyl (C=O) groups excluding carboxylic acids is 2. The lowest BCUT2D eigenvalue weighted by Gasteiger charge is -2.12. The second-order valence-electron chi connectivity index (χ2n) is 9.28. The fourth-order valence-corrected chi connectivity index (χ4v) is 4.17. The Hall–Kier alpha value is -6.17. The van der Waals surface area contributed by atoms with Crippen molar-refractivity contribution in [3.05, 3.63) is 114 Å². The number of nitrogens with one attached hydrogen (secondary N) is 3. The van der Waals surface area contributed by atoms with Crippen LogP contribution in [0.5, 0.6) is 5.75 Å². The zero-order valence-corrected chi connectivity index (χ0v) is 22.9. The number of hydrogen-bond acceptors (Lipinski definition) is 8. The molecule has 0 spiro atoms. The molecule has 5 rings (SSSR count). The summed E-state index contributed by atoms with van der Waals surface area (Å²) in [5.41, 5.74) is 9.84. The van der Waals surface area contributed by atoms with Crippen molar-refractivity contribution in [2.75, 3.05) is 23.4 Å². The van der Waals surface area contributed by atoms with Crippen LogP contribution in [0.25, 0.3) is 11.1 Å². The number of nitrogen functional groups attached to an aromatic ring is 1. The third-order valence-electron chi connectivity index (χ3n) is 6.37. The van der Waals surface area contributed by atoms with Gasteiger partial charge in [0.15, 0.2) is 0 Å². The van der Waals surface area contributed by atoms with Gasteiger partial charge in [-0.2, -0.15) is 4.98 Å². The van der Waals surface area contributed by atoms with Crippen LogP contribution in [0.4, 0.5) is 28.1 Å². The maximum absolute atomic E-state index is 12.8. The summed E-state index contributed by atoms with van der Waals surface area (Å²) in [5, 5.41) is 22.1. The number of hydrogen-bond donors (Lipinski definition) is 5. The Balaban J connectivity index is 1.24. The van der Waals surface area contributed by atoms with E-state index in [1.807, 2.05) is 30.3 Å². The minimum atomic E-state index is -1.10. The number of benzene rings is 4. The molecule has 4 aromatic carbocycles. The molecular formula is C31H27N7O5. The van der Waals surface area contributed by atoms with Gasteiger partial charge >= 0.3 is 12.0 Å². The van der Waals surface area contributed by atoms with Gasteiger partial charge in [-0.15, -0.1) is 9.78 Å². The molecular weight excluding hydrogens is 550 g/mol. The van der Waals surface area contributed by atoms with Crippen LogP contribution in [-0.2, 0) is 6.61 Å². The molecule has 5 aromatic rings. The van der Waals surface area contributed by atoms with E-state index in [0.29, 0.717) is 22.5 Å². The molecule has 0 radical (unpaired) electrons. The number of ether oxygens (including phenoxy) is 1. The highest BCUT2D eigenvalue weighted by Gasteiger charge is 2.16. The summed E-state index contributed by atoms with van der Waals surface area (Å²) >= 11 is 0. The Morgan fingerprint density at radius 2 is 1.56 bits per heavy atom. The fraction of sp³-hybridized carbons (Fsp3) is 0.0645. The first-order valence-corrected chi connectivity index (χ1v) is 13.1. The summed E-state index contributed by atoms with van der Waals surface area (Å²) < 4.78 is 6.69. The number of nitrogens with zero attached hydrogens (tertiary/aromatic N) is 3. The first kappa shape index (κ1) is 28.4. The Labute approximate surface area is 246 Å². The number of rotatable bonds is 9. The SMILES string of the molecule is CNC(=O)c1ccc(Nc2nc(N)n(C(=O)Nc3ccc(-c4ccc(OCc5ccccc5)c(C(=O)O)c4)cc3)n2)cc1. The zero-order valence-electron chi connectivity index (χ0n) is 22.9. The van der Waals surface area contributed by atoms with E-state index in [1.165, 1.54) is 0 Å². The second-order valence-corrected chi connectivity index (χ2v) is 9.28. The molecule has 2 amide bonds. The predicted molar refractivity (Wildman–Crippen MR) is 162 cm³/mol. The number of amides is 2. The molecule has 43 heavy (non-hydrogen) atoms. The van der Waals surface area contributed by atoms with Crippen molar-refractivity contribution in [1.29, 1.82) is 0 Å². The van der Waals surface area contributed by atoms with E-state index in [0.717, 1.165) is 15.8 Å². The standard InChI is InChI=1S/C31H27N7O5/c1-33-27(39)21-9-14-23(15-10-21)34-30-36-29(32)38(37-30)31(42)35-24-12-7-20(8-13-24)22-11-16-26(25(17-22)28(40)41)43-18-19-5-3-2-4-6-19/h2-17H,18H2,1H3,(H,33,39)(H,35,42)(H,40,41)(H3,32,34,36,37). The average molecular weight is 578 g/mol. The Morgan fingerprint density at radius 1 is 0.884 bits per heavy atom. The number of carbonyl (C=O) groups is 3. The maximum atomic E-state index is 12.8. The van der Waals surface area contributed by atoms with E-state index in [-0.39, 0.29) is 35.7 Å². The van der Waals surface area contributed by atoms with Crippen molar-refractivity contribution >= 4 is 41.2 Å². The molecule has 0 aliphatic rings. The minimum Gasteiger partial charge on any atom is -0.488 e. The predicted octanol–water partition coefficient (Wildman–Crippen LogP) is 4.99. The molecule has 0 fully saturated rings. The summed E-state index contributed by atoms with van der Waals surface area (Å²) in [6.45, 7) is 0.245. The van der Waals surface area contributed by atoms with E-state index < -0.39 is 12.0 Å². The Morgan fingerprint density at radius 3 is 2.23 bits per heavy atom. The van der Waals surface area contributed by atoms with Gasteiger partial charge in [0.05, 0.1) is 0 Å². The van der Waals surface area contributed by atoms with Crippen LogP contribution in [0.3, 0.4) is 0 Å². The van der Waals surface area contributed by atoms with Gasteiger partial charge in [0.25, 0.3) is 5.91 Å². The van der Waals surface area contributed by atoms with Gasteiger partial charge < -0.3 is 31.5 Å². The van der Waals surface area contributed by atoms with Crippen molar-refractivity contribution in [3.63, 3.8) is 0 Å². The lowest BCUT2D eigenvalue weighted by molar-refractivity contribution is 0.0691. The lowest BCUT2D eigenvalue weighted by Crippen LogP contribution is -2.22. The molecule has 0 aliphatic carbocycles. The minimum absolute atomic E-state index is 0.0410. The number of aromatic carboxylic acids is 1. The van der Waals surface area contributed by atoms with Gasteiger partial charge in [0.1, 0.15) is 17.9 Å². The summed E-state index contributed by atoms with van der Waals surface area (Å²) in [6.07, 6.45) is 0. The van der Waals surface area contributed by atoms with Gasteiger partial charge in [0, 0.05) is 24.0 Å². The van der Waals surface area contributed by atoms with E-state index in [2.05, 4.69) is 26.0 Å². The van der Waals surface area contributed by atoms with Crippen molar-refractivity contribution in [1.82, 2.24) is 20.1 Å². The first-order valence-electron chi connectivity index (χ1n) is 13.1. The monoisotopic (exact) mass is 577 g/mol. The Bertz CT molecular complexity index is 1770. The molecule has 1 aromatic heterocycles. The molecule has 0 saturated heterocycles. The molecule has 0 atom stereocenters. The summed E-state index contributed by atoms with van der Waals surface area (Å²) in [4.78, 5) is 40.6. The fourth-order valence-electron chi connectivity index (χ4n) is 4.17. The van der Waals surface area contributed by atoms with Crippen molar-refractivity contribution in [2.45, 2.75) is 6.61 Å². The van der Waals surface area contributed by atoms with Gasteiger partial charge in [-0.3, -0.25) is 4.79 Å². The van der Waals surface area contributed by atoms with Crippen LogP contribution in [0.2, 0.25) is 0 Å². The van der Waals surface area contributed by atoms with Gasteiger partial charge in [-0.1, -0.05) is 48.5 Å². The molecule has 0 bridgehead atoms. The number of carboxylic acid groups (broad SMARTS) is 1. The van der Waals surface area contributed by atoms with Crippen LogP contribution in [0, 0.1) is 0 Å². The zero-order chi connectivity index (χ0) is 30.3. The summed E-state index contributed by atoms with van der Waals surface area (Å²) in [5.74, 6) is -1.08. The van der Waals surface area contributed by atoms with Crippen molar-refractivity contribution in [3.8, 4) is 16.9 Å². The third-order valence-corrected chi connectivity index (χ3v) is 6.37. The van der Waals surface area contributed by atoms with E-state index in [1.54, 1.807) is 73.8 Å². The van der Waals surface area contributed by atoms with Gasteiger partial charge in [0.2, 0.25) is 11.9 Å². The highest BCUT2D eigenvalue weighted by Crippen LogP contribution is 2.28. The molecule has 0 aliphatic heterocycles. The highest BCUT2D eigenvalue weighted by atomic mass is 16.5. The van der Waals surface area contributed by atoms with E-state index in [9.17, 15) is 19.5 Å². The molecule has 12 nitrogen and oxygen atoms in total. The third kappa shape index (κ3) is 6.77. The number of anilines is 4. The number of carboxylic acids is 1. The maximum Gasteiger partial charge on any atom is 0.349 e. The lowest BCUT2D eigenvalue weighted by atomic mass is 10.0. The largest absolute Gasteiger partial charge is 0.488 e. The topological polar surface area (TPSA) is 173 Å². The second kappa shape index (κ2) is 12.6. The van der Waals surface area contributed by atoms with Gasteiger partial charge in [-0.25, -0.2) is 9.59 Å². The van der Waals surface area contributed by atoms with Crippen molar-refractivity contribution in [2.24, 2.45) is 0 Å². The van der Waals surface area contributed by atoms with Gasteiger partial charge in [-0.05, 0) is 65.2 Å². The van der Waals surface area contributed by atoms with Crippen LogP contribution < -0.4 is 26.4 Å². The summed E-state index contributed by atoms with van der Waals surface area (Å²) in [6, 6.07) is 27.3. The average Bonchev–Trinajstić information content (AvgIpc) is 3.40. The Kier molecular flexibility index (Phi) is 8.28. The summed E-state index contributed by atoms with van der Waals surface area (Å²) in [7, 11) is 1.55. The van der Waals surface area contributed by atoms with E-state index >= 15 is 0 Å². The van der Waals surface area contributed by atoms with E-state index in [4.69, 9.17) is 10.5 Å².